The van der Waals surface area contributed by atoms with Crippen LogP contribution in [0.3, 0.4) is 0 Å². The molecule has 32 heavy (non-hydrogen) atoms. The zero-order chi connectivity index (χ0) is 24.1. The normalized spacial score (nSPS) is 34.5. The number of carbonyl (C=O) groups is 2. The van der Waals surface area contributed by atoms with E-state index in [-0.39, 0.29) is 29.3 Å². The lowest BCUT2D eigenvalue weighted by Crippen LogP contribution is -2.65. The molecule has 0 saturated heterocycles. The van der Waals surface area contributed by atoms with Gasteiger partial charge in [-0.2, -0.15) is 0 Å². The van der Waals surface area contributed by atoms with Crippen LogP contribution in [0, 0.1) is 29.6 Å². The fourth-order valence-corrected chi connectivity index (χ4v) is 7.05. The lowest BCUT2D eigenvalue weighted by Gasteiger charge is -2.62. The number of fused-ring (bicyclic) bond motifs is 1. The Morgan fingerprint density at radius 1 is 1.12 bits per heavy atom. The maximum absolute atomic E-state index is 13.9. The molecule has 0 aromatic heterocycles. The highest BCUT2D eigenvalue weighted by molar-refractivity contribution is 5.99. The molecule has 2 N–H and O–H groups in total. The number of carbonyl (C=O) groups excluding carboxylic acids is 2. The van der Waals surface area contributed by atoms with Crippen LogP contribution in [0.1, 0.15) is 78.4 Å². The Labute approximate surface area is 191 Å². The second-order valence-corrected chi connectivity index (χ2v) is 11.2. The number of aliphatic hydroxyl groups is 1. The maximum Gasteiger partial charge on any atom is 0.303 e. The third-order valence-electron chi connectivity index (χ3n) is 8.04. The van der Waals surface area contributed by atoms with E-state index in [4.69, 9.17) is 4.74 Å². The summed E-state index contributed by atoms with van der Waals surface area (Å²) in [7, 11) is 0. The number of hydrogen-bond donors (Lipinski definition) is 2. The molecule has 3 rings (SSSR count). The maximum atomic E-state index is 13.9. The molecule has 0 heterocycles. The van der Waals surface area contributed by atoms with Gasteiger partial charge in [0.05, 0.1) is 12.0 Å². The Morgan fingerprint density at radius 3 is 2.38 bits per heavy atom. The SMILES string of the molecule is CC(=O)O[C@]1(C)C[C@@H](O)[C@H]2C(C)(C)CCC[C@]2(C)[C@H]1C(=O)/C=C(/C)c1ccc(C)c(O)c1. The van der Waals surface area contributed by atoms with E-state index < -0.39 is 29.0 Å². The van der Waals surface area contributed by atoms with Gasteiger partial charge in [-0.05, 0) is 79.2 Å². The molecule has 5 atom stereocenters. The van der Waals surface area contributed by atoms with Gasteiger partial charge in [0, 0.05) is 13.3 Å². The van der Waals surface area contributed by atoms with Crippen LogP contribution in [-0.4, -0.2) is 33.7 Å². The van der Waals surface area contributed by atoms with Crippen LogP contribution in [-0.2, 0) is 14.3 Å². The number of aryl methyl sites for hydroxylation is 1. The summed E-state index contributed by atoms with van der Waals surface area (Å²) < 4.78 is 5.80. The van der Waals surface area contributed by atoms with Gasteiger partial charge in [-0.25, -0.2) is 0 Å². The predicted octanol–water partition coefficient (Wildman–Crippen LogP) is 5.21. The summed E-state index contributed by atoms with van der Waals surface area (Å²) in [6.07, 6.45) is 3.96. The molecule has 5 heteroatoms. The monoisotopic (exact) mass is 442 g/mol. The standard InChI is InChI=1S/C27H38O5/c1-16-9-10-19(14-20(16)29)17(2)13-21(30)24-26(6)12-8-11-25(4,5)23(26)22(31)15-27(24,7)32-18(3)28/h9-10,13-14,22-24,29,31H,8,11-12,15H2,1-7H3/b17-13-/t22-,23+,24-,26+,27-/m1/s1. The first-order valence-electron chi connectivity index (χ1n) is 11.6. The lowest BCUT2D eigenvalue weighted by molar-refractivity contribution is -0.222. The van der Waals surface area contributed by atoms with Crippen molar-refractivity contribution < 1.29 is 24.5 Å². The number of phenolic OH excluding ortho intramolecular Hbond substituents is 1. The molecule has 0 bridgehead atoms. The van der Waals surface area contributed by atoms with Crippen molar-refractivity contribution in [2.45, 2.75) is 85.9 Å². The molecule has 2 saturated carbocycles. The van der Waals surface area contributed by atoms with E-state index >= 15 is 0 Å². The highest BCUT2D eigenvalue weighted by atomic mass is 16.6. The Bertz CT molecular complexity index is 945. The average molecular weight is 443 g/mol. The molecule has 0 aliphatic heterocycles. The average Bonchev–Trinajstić information content (AvgIpc) is 2.60. The van der Waals surface area contributed by atoms with Gasteiger partial charge in [-0.15, -0.1) is 0 Å². The third-order valence-corrected chi connectivity index (χ3v) is 8.04. The van der Waals surface area contributed by atoms with E-state index in [1.165, 1.54) is 6.92 Å². The molecule has 2 fully saturated rings. The largest absolute Gasteiger partial charge is 0.508 e. The van der Waals surface area contributed by atoms with E-state index in [1.807, 2.05) is 26.0 Å². The molecule has 176 valence electrons. The van der Waals surface area contributed by atoms with E-state index in [0.717, 1.165) is 36.0 Å². The van der Waals surface area contributed by atoms with Crippen molar-refractivity contribution in [1.29, 1.82) is 0 Å². The van der Waals surface area contributed by atoms with Crippen LogP contribution < -0.4 is 0 Å². The van der Waals surface area contributed by atoms with Crippen molar-refractivity contribution in [1.82, 2.24) is 0 Å². The minimum Gasteiger partial charge on any atom is -0.508 e. The number of allylic oxidation sites excluding steroid dienone is 2. The minimum absolute atomic E-state index is 0.0709. The van der Waals surface area contributed by atoms with Gasteiger partial charge in [0.2, 0.25) is 0 Å². The van der Waals surface area contributed by atoms with Crippen molar-refractivity contribution in [3.05, 3.63) is 35.4 Å². The Kier molecular flexibility index (Phi) is 6.38. The summed E-state index contributed by atoms with van der Waals surface area (Å²) in [5.74, 6) is -0.990. The number of rotatable bonds is 4. The van der Waals surface area contributed by atoms with Gasteiger partial charge in [-0.1, -0.05) is 39.3 Å². The summed E-state index contributed by atoms with van der Waals surface area (Å²) in [4.78, 5) is 25.9. The first kappa shape index (κ1) is 24.5. The summed E-state index contributed by atoms with van der Waals surface area (Å²) in [6, 6.07) is 5.38. The Balaban J connectivity index is 2.09. The number of ketones is 1. The minimum atomic E-state index is -1.09. The molecule has 0 unspecified atom stereocenters. The second-order valence-electron chi connectivity index (χ2n) is 11.2. The lowest BCUT2D eigenvalue weighted by atomic mass is 9.44. The number of aromatic hydroxyl groups is 1. The Hall–Kier alpha value is -2.14. The number of aliphatic hydroxyl groups excluding tert-OH is 1. The van der Waals surface area contributed by atoms with Crippen LogP contribution in [0.15, 0.2) is 24.3 Å². The van der Waals surface area contributed by atoms with Gasteiger partial charge >= 0.3 is 5.97 Å². The summed E-state index contributed by atoms with van der Waals surface area (Å²) in [6.45, 7) is 13.3. The molecular formula is C27H38O5. The van der Waals surface area contributed by atoms with Gasteiger partial charge in [0.25, 0.3) is 0 Å². The summed E-state index contributed by atoms with van der Waals surface area (Å²) in [5.41, 5.74) is 0.578. The molecule has 5 nitrogen and oxygen atoms in total. The third kappa shape index (κ3) is 4.24. The smallest absolute Gasteiger partial charge is 0.303 e. The van der Waals surface area contributed by atoms with Crippen LogP contribution in [0.4, 0.5) is 0 Å². The molecular weight excluding hydrogens is 404 g/mol. The topological polar surface area (TPSA) is 83.8 Å². The van der Waals surface area contributed by atoms with E-state index in [2.05, 4.69) is 20.8 Å². The molecule has 0 amide bonds. The molecule has 0 spiro atoms. The number of esters is 1. The second kappa shape index (κ2) is 8.33. The number of phenols is 1. The Morgan fingerprint density at radius 2 is 1.78 bits per heavy atom. The quantitative estimate of drug-likeness (QED) is 0.494. The first-order valence-corrected chi connectivity index (χ1v) is 11.6. The van der Waals surface area contributed by atoms with E-state index in [1.54, 1.807) is 19.1 Å². The molecule has 0 radical (unpaired) electrons. The van der Waals surface area contributed by atoms with E-state index in [0.29, 0.717) is 0 Å². The van der Waals surface area contributed by atoms with Crippen LogP contribution in [0.2, 0.25) is 0 Å². The first-order chi connectivity index (χ1) is 14.7. The molecule has 2 aliphatic carbocycles. The summed E-state index contributed by atoms with van der Waals surface area (Å²) in [5, 5.41) is 21.3. The number of benzene rings is 1. The highest BCUT2D eigenvalue weighted by Crippen LogP contribution is 2.63. The number of ether oxygens (including phenoxy) is 1. The van der Waals surface area contributed by atoms with Crippen molar-refractivity contribution in [2.24, 2.45) is 22.7 Å². The van der Waals surface area contributed by atoms with Gasteiger partial charge in [0.1, 0.15) is 11.4 Å². The van der Waals surface area contributed by atoms with Crippen molar-refractivity contribution in [3.8, 4) is 5.75 Å². The highest BCUT2D eigenvalue weighted by Gasteiger charge is 2.64. The molecule has 1 aromatic carbocycles. The van der Waals surface area contributed by atoms with Crippen LogP contribution in [0.5, 0.6) is 5.75 Å². The van der Waals surface area contributed by atoms with Crippen molar-refractivity contribution in [2.75, 3.05) is 0 Å². The zero-order valence-corrected chi connectivity index (χ0v) is 20.5. The number of hydrogen-bond acceptors (Lipinski definition) is 5. The van der Waals surface area contributed by atoms with Gasteiger partial charge in [-0.3, -0.25) is 9.59 Å². The predicted molar refractivity (Wildman–Crippen MR) is 125 cm³/mol. The van der Waals surface area contributed by atoms with Gasteiger partial charge < -0.3 is 14.9 Å². The fourth-order valence-electron chi connectivity index (χ4n) is 7.05. The van der Waals surface area contributed by atoms with E-state index in [9.17, 15) is 19.8 Å². The molecule has 2 aliphatic rings. The zero-order valence-electron chi connectivity index (χ0n) is 20.5. The molecule has 1 aromatic rings. The van der Waals surface area contributed by atoms with Crippen LogP contribution in [0.25, 0.3) is 5.57 Å². The van der Waals surface area contributed by atoms with Gasteiger partial charge in [0.15, 0.2) is 5.78 Å². The fraction of sp³-hybridized carbons (Fsp3) is 0.630. The van der Waals surface area contributed by atoms with Crippen LogP contribution >= 0.6 is 0 Å². The van der Waals surface area contributed by atoms with Crippen molar-refractivity contribution in [3.63, 3.8) is 0 Å². The van der Waals surface area contributed by atoms with Crippen molar-refractivity contribution >= 4 is 17.3 Å². The summed E-state index contributed by atoms with van der Waals surface area (Å²) >= 11 is 0.